The number of carbonyl (C=O) groups is 2. The van der Waals surface area contributed by atoms with Gasteiger partial charge in [-0.15, -0.1) is 0 Å². The number of nitrogens with one attached hydrogen (secondary N) is 1. The summed E-state index contributed by atoms with van der Waals surface area (Å²) in [5.41, 5.74) is 2.00. The molecule has 0 aliphatic heterocycles. The van der Waals surface area contributed by atoms with Crippen LogP contribution in [0.5, 0.6) is 5.75 Å². The van der Waals surface area contributed by atoms with Gasteiger partial charge < -0.3 is 15.2 Å². The first-order chi connectivity index (χ1) is 12.6. The molecule has 0 bridgehead atoms. The van der Waals surface area contributed by atoms with Crippen LogP contribution >= 0.6 is 0 Å². The third-order valence-corrected chi connectivity index (χ3v) is 3.71. The topological polar surface area (TPSA) is 75.6 Å². The summed E-state index contributed by atoms with van der Waals surface area (Å²) in [7, 11) is 0. The number of benzene rings is 3. The smallest absolute Gasteiger partial charge is 0.335 e. The van der Waals surface area contributed by atoms with Gasteiger partial charge in [-0.2, -0.15) is 0 Å². The maximum atomic E-state index is 12.4. The molecule has 5 heteroatoms. The van der Waals surface area contributed by atoms with E-state index in [-0.39, 0.29) is 11.5 Å². The Morgan fingerprint density at radius 3 is 2.35 bits per heavy atom. The number of carboxylic acid groups (broad SMARTS) is 1. The van der Waals surface area contributed by atoms with E-state index in [0.717, 1.165) is 5.56 Å². The zero-order valence-electron chi connectivity index (χ0n) is 13.9. The highest BCUT2D eigenvalue weighted by Crippen LogP contribution is 2.17. The minimum absolute atomic E-state index is 0.114. The minimum Gasteiger partial charge on any atom is -0.489 e. The Morgan fingerprint density at radius 1 is 0.846 bits per heavy atom. The van der Waals surface area contributed by atoms with Crippen molar-refractivity contribution in [1.29, 1.82) is 0 Å². The number of hydrogen-bond acceptors (Lipinski definition) is 3. The monoisotopic (exact) mass is 347 g/mol. The van der Waals surface area contributed by atoms with E-state index in [9.17, 15) is 9.59 Å². The van der Waals surface area contributed by atoms with Crippen molar-refractivity contribution in [3.05, 3.63) is 95.6 Å². The van der Waals surface area contributed by atoms with Crippen LogP contribution in [0.1, 0.15) is 26.3 Å². The van der Waals surface area contributed by atoms with Crippen LogP contribution in [0.2, 0.25) is 0 Å². The Hall–Kier alpha value is -3.60. The van der Waals surface area contributed by atoms with Crippen molar-refractivity contribution in [2.45, 2.75) is 6.61 Å². The van der Waals surface area contributed by atoms with Gasteiger partial charge in [-0.1, -0.05) is 42.5 Å². The molecule has 1 amide bonds. The molecule has 5 nitrogen and oxygen atoms in total. The van der Waals surface area contributed by atoms with E-state index < -0.39 is 5.97 Å². The van der Waals surface area contributed by atoms with Crippen molar-refractivity contribution >= 4 is 17.6 Å². The third-order valence-electron chi connectivity index (χ3n) is 3.71. The number of anilines is 1. The molecule has 130 valence electrons. The number of hydrogen-bond donors (Lipinski definition) is 2. The minimum atomic E-state index is -1.04. The maximum Gasteiger partial charge on any atom is 0.335 e. The van der Waals surface area contributed by atoms with Crippen LogP contribution in [-0.2, 0) is 6.61 Å². The van der Waals surface area contributed by atoms with E-state index >= 15 is 0 Å². The highest BCUT2D eigenvalue weighted by Gasteiger charge is 2.09. The first-order valence-electron chi connectivity index (χ1n) is 8.03. The Labute approximate surface area is 150 Å². The molecule has 0 aromatic heterocycles. The Bertz CT molecular complexity index is 922. The number of amides is 1. The summed E-state index contributed by atoms with van der Waals surface area (Å²) < 4.78 is 5.73. The standard InChI is InChI=1S/C21H17NO4/c23-20(22-18-10-4-9-17(12-18)21(24)25)16-8-5-11-19(13-16)26-14-15-6-2-1-3-7-15/h1-13H,14H2,(H,22,23)(H,24,25). The van der Waals surface area contributed by atoms with Crippen molar-refractivity contribution in [3.63, 3.8) is 0 Å². The summed E-state index contributed by atoms with van der Waals surface area (Å²) in [6.07, 6.45) is 0. The van der Waals surface area contributed by atoms with E-state index in [4.69, 9.17) is 9.84 Å². The van der Waals surface area contributed by atoms with E-state index in [1.54, 1.807) is 36.4 Å². The normalized spacial score (nSPS) is 10.2. The van der Waals surface area contributed by atoms with Crippen molar-refractivity contribution in [2.75, 3.05) is 5.32 Å². The molecular formula is C21H17NO4. The summed E-state index contributed by atoms with van der Waals surface area (Å²) in [5, 5.41) is 11.7. The SMILES string of the molecule is O=C(O)c1cccc(NC(=O)c2cccc(OCc3ccccc3)c2)c1. The van der Waals surface area contributed by atoms with Crippen molar-refractivity contribution < 1.29 is 19.4 Å². The second kappa shape index (κ2) is 7.98. The van der Waals surface area contributed by atoms with Gasteiger partial charge in [0.1, 0.15) is 12.4 Å². The summed E-state index contributed by atoms with van der Waals surface area (Å²) in [5.74, 6) is -0.795. The molecule has 3 rings (SSSR count). The Morgan fingerprint density at radius 2 is 1.58 bits per heavy atom. The van der Waals surface area contributed by atoms with Crippen LogP contribution in [0, 0.1) is 0 Å². The van der Waals surface area contributed by atoms with Gasteiger partial charge >= 0.3 is 5.97 Å². The van der Waals surface area contributed by atoms with Gasteiger partial charge in [0.05, 0.1) is 5.56 Å². The molecule has 0 saturated heterocycles. The molecule has 0 saturated carbocycles. The second-order valence-corrected chi connectivity index (χ2v) is 5.64. The molecule has 0 heterocycles. The molecule has 0 atom stereocenters. The first-order valence-corrected chi connectivity index (χ1v) is 8.03. The predicted octanol–water partition coefficient (Wildman–Crippen LogP) is 4.22. The molecule has 26 heavy (non-hydrogen) atoms. The van der Waals surface area contributed by atoms with Gasteiger partial charge in [-0.3, -0.25) is 4.79 Å². The van der Waals surface area contributed by atoms with Gasteiger partial charge in [0.2, 0.25) is 0 Å². The van der Waals surface area contributed by atoms with Crippen LogP contribution in [0.15, 0.2) is 78.9 Å². The highest BCUT2D eigenvalue weighted by molar-refractivity contribution is 6.05. The van der Waals surface area contributed by atoms with Crippen LogP contribution in [0.25, 0.3) is 0 Å². The van der Waals surface area contributed by atoms with Crippen molar-refractivity contribution in [1.82, 2.24) is 0 Å². The fourth-order valence-electron chi connectivity index (χ4n) is 2.40. The average molecular weight is 347 g/mol. The molecule has 3 aromatic carbocycles. The summed E-state index contributed by atoms with van der Waals surface area (Å²) in [6.45, 7) is 0.409. The quantitative estimate of drug-likeness (QED) is 0.700. The first kappa shape index (κ1) is 17.2. The van der Waals surface area contributed by atoms with Gasteiger partial charge in [0.25, 0.3) is 5.91 Å². The van der Waals surface area contributed by atoms with E-state index in [0.29, 0.717) is 23.6 Å². The van der Waals surface area contributed by atoms with Gasteiger partial charge in [0, 0.05) is 11.3 Å². The largest absolute Gasteiger partial charge is 0.489 e. The Kier molecular flexibility index (Phi) is 5.29. The summed E-state index contributed by atoms with van der Waals surface area (Å²) >= 11 is 0. The molecule has 3 aromatic rings. The molecule has 0 spiro atoms. The van der Waals surface area contributed by atoms with E-state index in [1.807, 2.05) is 30.3 Å². The zero-order chi connectivity index (χ0) is 18.4. The van der Waals surface area contributed by atoms with Crippen LogP contribution in [0.3, 0.4) is 0 Å². The Balaban J connectivity index is 1.68. The lowest BCUT2D eigenvalue weighted by Crippen LogP contribution is -2.12. The highest BCUT2D eigenvalue weighted by atomic mass is 16.5. The van der Waals surface area contributed by atoms with Crippen LogP contribution in [0.4, 0.5) is 5.69 Å². The number of carbonyl (C=O) groups excluding carboxylic acids is 1. The second-order valence-electron chi connectivity index (χ2n) is 5.64. The molecule has 0 fully saturated rings. The fourth-order valence-corrected chi connectivity index (χ4v) is 2.40. The van der Waals surface area contributed by atoms with Gasteiger partial charge in [-0.05, 0) is 42.0 Å². The third kappa shape index (κ3) is 4.48. The fraction of sp³-hybridized carbons (Fsp3) is 0.0476. The molecule has 0 unspecified atom stereocenters. The van der Waals surface area contributed by atoms with Crippen LogP contribution in [-0.4, -0.2) is 17.0 Å². The van der Waals surface area contributed by atoms with Crippen LogP contribution < -0.4 is 10.1 Å². The average Bonchev–Trinajstić information content (AvgIpc) is 2.67. The summed E-state index contributed by atoms with van der Waals surface area (Å²) in [6, 6.07) is 22.7. The lowest BCUT2D eigenvalue weighted by molar-refractivity contribution is 0.0696. The summed E-state index contributed by atoms with van der Waals surface area (Å²) in [4.78, 5) is 23.4. The van der Waals surface area contributed by atoms with E-state index in [2.05, 4.69) is 5.32 Å². The van der Waals surface area contributed by atoms with E-state index in [1.165, 1.54) is 12.1 Å². The molecule has 0 aliphatic rings. The number of ether oxygens (including phenoxy) is 1. The lowest BCUT2D eigenvalue weighted by atomic mass is 10.1. The zero-order valence-corrected chi connectivity index (χ0v) is 13.9. The van der Waals surface area contributed by atoms with Crippen molar-refractivity contribution in [3.8, 4) is 5.75 Å². The number of rotatable bonds is 6. The lowest BCUT2D eigenvalue weighted by Gasteiger charge is -2.09. The molecule has 0 aliphatic carbocycles. The molecule has 2 N–H and O–H groups in total. The maximum absolute atomic E-state index is 12.4. The molecule has 0 radical (unpaired) electrons. The number of carboxylic acids is 1. The predicted molar refractivity (Wildman–Crippen MR) is 98.6 cm³/mol. The van der Waals surface area contributed by atoms with Crippen molar-refractivity contribution in [2.24, 2.45) is 0 Å². The number of aromatic carboxylic acids is 1. The van der Waals surface area contributed by atoms with Gasteiger partial charge in [-0.25, -0.2) is 4.79 Å². The molecular weight excluding hydrogens is 330 g/mol. The van der Waals surface area contributed by atoms with Gasteiger partial charge in [0.15, 0.2) is 0 Å².